The lowest BCUT2D eigenvalue weighted by molar-refractivity contribution is 0.695. The normalized spacial score (nSPS) is 10.9. The molecule has 0 unspecified atom stereocenters. The number of rotatable bonds is 6. The third-order valence-electron chi connectivity index (χ3n) is 3.55. The first-order valence-electron chi connectivity index (χ1n) is 7.33. The number of nitrogens with zero attached hydrogens (tertiary/aromatic N) is 2. The van der Waals surface area contributed by atoms with E-state index in [0.717, 1.165) is 34.2 Å². The van der Waals surface area contributed by atoms with Crippen LogP contribution in [-0.2, 0) is 18.7 Å². The van der Waals surface area contributed by atoms with E-state index in [0.29, 0.717) is 5.02 Å². The van der Waals surface area contributed by atoms with E-state index in [-0.39, 0.29) is 0 Å². The van der Waals surface area contributed by atoms with E-state index in [4.69, 9.17) is 23.2 Å². The molecule has 0 amide bonds. The van der Waals surface area contributed by atoms with Crippen molar-refractivity contribution in [1.82, 2.24) is 9.55 Å². The lowest BCUT2D eigenvalue weighted by Crippen LogP contribution is -1.99. The predicted octanol–water partition coefficient (Wildman–Crippen LogP) is 5.72. The Labute approximate surface area is 150 Å². The molecule has 5 heteroatoms. The van der Waals surface area contributed by atoms with E-state index < -0.39 is 0 Å². The molecule has 0 fully saturated rings. The topological polar surface area (TPSA) is 17.8 Å². The molecule has 0 aliphatic rings. The van der Waals surface area contributed by atoms with Gasteiger partial charge in [0.15, 0.2) is 0 Å². The van der Waals surface area contributed by atoms with Gasteiger partial charge in [-0.15, -0.1) is 11.8 Å². The molecule has 0 spiro atoms. The largest absolute Gasteiger partial charge is 0.337 e. The Hall–Kier alpha value is -1.42. The van der Waals surface area contributed by atoms with Gasteiger partial charge in [-0.2, -0.15) is 0 Å². The second-order valence-corrected chi connectivity index (χ2v) is 6.95. The Morgan fingerprint density at radius 1 is 1.04 bits per heavy atom. The Morgan fingerprint density at radius 3 is 2.61 bits per heavy atom. The summed E-state index contributed by atoms with van der Waals surface area (Å²) in [6, 6.07) is 14.3. The Morgan fingerprint density at radius 2 is 1.87 bits per heavy atom. The zero-order valence-corrected chi connectivity index (χ0v) is 14.8. The van der Waals surface area contributed by atoms with E-state index in [1.807, 2.05) is 47.4 Å². The number of benzene rings is 2. The molecular formula is C18H16Cl2N2S. The highest BCUT2D eigenvalue weighted by atomic mass is 35.5. The molecule has 0 aliphatic carbocycles. The van der Waals surface area contributed by atoms with Crippen LogP contribution in [0.4, 0.5) is 0 Å². The maximum Gasteiger partial charge on any atom is 0.0946 e. The minimum absolute atomic E-state index is 0.710. The molecule has 118 valence electrons. The van der Waals surface area contributed by atoms with Crippen LogP contribution in [0.15, 0.2) is 66.1 Å². The zero-order valence-electron chi connectivity index (χ0n) is 12.5. The van der Waals surface area contributed by atoms with E-state index in [9.17, 15) is 0 Å². The average molecular weight is 363 g/mol. The number of aromatic nitrogens is 2. The first kappa shape index (κ1) is 16.4. The fourth-order valence-corrected chi connectivity index (χ4v) is 4.06. The van der Waals surface area contributed by atoms with E-state index >= 15 is 0 Å². The van der Waals surface area contributed by atoms with Crippen LogP contribution in [0.25, 0.3) is 0 Å². The van der Waals surface area contributed by atoms with Gasteiger partial charge in [0.05, 0.1) is 16.4 Å². The summed E-state index contributed by atoms with van der Waals surface area (Å²) in [5.74, 6) is 0.852. The van der Waals surface area contributed by atoms with Crippen LogP contribution in [0.3, 0.4) is 0 Å². The average Bonchev–Trinajstić information content (AvgIpc) is 3.08. The Kier molecular flexibility index (Phi) is 5.65. The third-order valence-corrected chi connectivity index (χ3v) is 5.71. The maximum absolute atomic E-state index is 6.59. The number of imidazole rings is 1. The monoisotopic (exact) mass is 362 g/mol. The van der Waals surface area contributed by atoms with Gasteiger partial charge in [0.2, 0.25) is 0 Å². The first-order valence-corrected chi connectivity index (χ1v) is 9.07. The first-order chi connectivity index (χ1) is 11.2. The van der Waals surface area contributed by atoms with Crippen molar-refractivity contribution >= 4 is 35.0 Å². The van der Waals surface area contributed by atoms with Gasteiger partial charge >= 0.3 is 0 Å². The van der Waals surface area contributed by atoms with Crippen LogP contribution >= 0.6 is 35.0 Å². The molecular weight excluding hydrogens is 347 g/mol. The fourth-order valence-electron chi connectivity index (χ4n) is 2.30. The molecule has 0 saturated carbocycles. The minimum Gasteiger partial charge on any atom is -0.337 e. The van der Waals surface area contributed by atoms with Gasteiger partial charge in [0.25, 0.3) is 0 Å². The summed E-state index contributed by atoms with van der Waals surface area (Å²) in [4.78, 5) is 5.01. The summed E-state index contributed by atoms with van der Waals surface area (Å²) in [6.45, 7) is 0.851. The van der Waals surface area contributed by atoms with Crippen molar-refractivity contribution in [3.63, 3.8) is 0 Å². The van der Waals surface area contributed by atoms with Gasteiger partial charge in [-0.05, 0) is 23.6 Å². The molecule has 1 heterocycles. The summed E-state index contributed by atoms with van der Waals surface area (Å²) in [7, 11) is 0. The lowest BCUT2D eigenvalue weighted by Gasteiger charge is -2.12. The molecule has 1 aromatic heterocycles. The number of aryl methyl sites for hydroxylation is 2. The lowest BCUT2D eigenvalue weighted by atomic mass is 10.1. The third kappa shape index (κ3) is 4.31. The van der Waals surface area contributed by atoms with Crippen molar-refractivity contribution < 1.29 is 0 Å². The molecule has 0 bridgehead atoms. The molecule has 0 aliphatic heterocycles. The Balaban J connectivity index is 1.73. The van der Waals surface area contributed by atoms with E-state index in [1.54, 1.807) is 18.0 Å². The zero-order chi connectivity index (χ0) is 16.1. The molecule has 3 aromatic rings. The van der Waals surface area contributed by atoms with Gasteiger partial charge in [-0.1, -0.05) is 59.6 Å². The van der Waals surface area contributed by atoms with Crippen molar-refractivity contribution in [2.45, 2.75) is 23.6 Å². The second kappa shape index (κ2) is 7.91. The molecule has 2 nitrogen and oxygen atoms in total. The van der Waals surface area contributed by atoms with Gasteiger partial charge in [0, 0.05) is 29.6 Å². The van der Waals surface area contributed by atoms with Crippen LogP contribution < -0.4 is 0 Å². The summed E-state index contributed by atoms with van der Waals surface area (Å²) in [6.07, 6.45) is 6.40. The van der Waals surface area contributed by atoms with Crippen molar-refractivity contribution in [2.24, 2.45) is 0 Å². The molecule has 3 rings (SSSR count). The maximum atomic E-state index is 6.59. The standard InChI is InChI=1S/C18H16Cl2N2S/c19-16-7-6-15(8-10-22-11-9-21-13-22)17(20)18(16)23-12-14-4-2-1-3-5-14/h1-7,9,11,13H,8,10,12H2. The summed E-state index contributed by atoms with van der Waals surface area (Å²) in [5.41, 5.74) is 2.37. The number of hydrogen-bond donors (Lipinski definition) is 0. The molecule has 2 aromatic carbocycles. The molecule has 0 radical (unpaired) electrons. The number of thioether (sulfide) groups is 1. The fraction of sp³-hybridized carbons (Fsp3) is 0.167. The van der Waals surface area contributed by atoms with E-state index in [2.05, 4.69) is 17.1 Å². The quantitative estimate of drug-likeness (QED) is 0.521. The van der Waals surface area contributed by atoms with Crippen LogP contribution in [0.1, 0.15) is 11.1 Å². The van der Waals surface area contributed by atoms with Crippen LogP contribution in [0, 0.1) is 0 Å². The van der Waals surface area contributed by atoms with Gasteiger partial charge in [0.1, 0.15) is 0 Å². The number of halogens is 2. The molecule has 0 atom stereocenters. The van der Waals surface area contributed by atoms with Crippen LogP contribution in [0.5, 0.6) is 0 Å². The highest BCUT2D eigenvalue weighted by Crippen LogP contribution is 2.38. The summed E-state index contributed by atoms with van der Waals surface area (Å²) < 4.78 is 2.04. The van der Waals surface area contributed by atoms with Crippen molar-refractivity contribution in [1.29, 1.82) is 0 Å². The second-order valence-electron chi connectivity index (χ2n) is 5.17. The van der Waals surface area contributed by atoms with Gasteiger partial charge < -0.3 is 4.57 Å². The van der Waals surface area contributed by atoms with Gasteiger partial charge in [-0.3, -0.25) is 0 Å². The molecule has 0 N–H and O–H groups in total. The SMILES string of the molecule is Clc1ccc(CCn2ccnc2)c(Cl)c1SCc1ccccc1. The van der Waals surface area contributed by atoms with Crippen molar-refractivity contribution in [2.75, 3.05) is 0 Å². The predicted molar refractivity (Wildman–Crippen MR) is 98.4 cm³/mol. The van der Waals surface area contributed by atoms with E-state index in [1.165, 1.54) is 5.56 Å². The van der Waals surface area contributed by atoms with Crippen LogP contribution in [0.2, 0.25) is 10.0 Å². The summed E-state index contributed by atoms with van der Waals surface area (Å²) >= 11 is 14.6. The number of hydrogen-bond acceptors (Lipinski definition) is 2. The van der Waals surface area contributed by atoms with Gasteiger partial charge in [-0.25, -0.2) is 4.98 Å². The van der Waals surface area contributed by atoms with Crippen molar-refractivity contribution in [3.05, 3.63) is 82.4 Å². The minimum atomic E-state index is 0.710. The van der Waals surface area contributed by atoms with Crippen molar-refractivity contribution in [3.8, 4) is 0 Å². The van der Waals surface area contributed by atoms with Crippen LogP contribution in [-0.4, -0.2) is 9.55 Å². The molecule has 0 saturated heterocycles. The summed E-state index contributed by atoms with van der Waals surface area (Å²) in [5, 5.41) is 1.47. The highest BCUT2D eigenvalue weighted by Gasteiger charge is 2.11. The smallest absolute Gasteiger partial charge is 0.0946 e. The molecule has 23 heavy (non-hydrogen) atoms. The highest BCUT2D eigenvalue weighted by molar-refractivity contribution is 7.98. The Bertz CT molecular complexity index is 758.